The quantitative estimate of drug-likeness (QED) is 0.263. The van der Waals surface area contributed by atoms with E-state index < -0.39 is 23.9 Å². The molecule has 1 heterocycles. The molecule has 3 aromatic rings. The van der Waals surface area contributed by atoms with E-state index in [0.717, 1.165) is 36.1 Å². The number of aliphatic carboxylic acids is 1. The van der Waals surface area contributed by atoms with Gasteiger partial charge in [-0.15, -0.1) is 0 Å². The average Bonchev–Trinajstić information content (AvgIpc) is 3.84. The van der Waals surface area contributed by atoms with Crippen molar-refractivity contribution in [1.82, 2.24) is 10.2 Å². The Morgan fingerprint density at radius 1 is 0.864 bits per heavy atom. The lowest BCUT2D eigenvalue weighted by atomic mass is 10.0. The van der Waals surface area contributed by atoms with Gasteiger partial charge in [0.2, 0.25) is 5.91 Å². The fourth-order valence-corrected chi connectivity index (χ4v) is 5.50. The highest BCUT2D eigenvalue weighted by atomic mass is 16.4. The Morgan fingerprint density at radius 3 is 2.34 bits per heavy atom. The summed E-state index contributed by atoms with van der Waals surface area (Å²) in [4.78, 5) is 55.1. The number of nitrogens with one attached hydrogen (secondary N) is 3. The minimum Gasteiger partial charge on any atom is -0.481 e. The highest BCUT2D eigenvalue weighted by Gasteiger charge is 2.34. The Balaban J connectivity index is 1.39. The highest BCUT2D eigenvalue weighted by Crippen LogP contribution is 2.33. The number of amides is 4. The van der Waals surface area contributed by atoms with Crippen LogP contribution in [-0.4, -0.2) is 60.0 Å². The van der Waals surface area contributed by atoms with E-state index >= 15 is 0 Å². The second kappa shape index (κ2) is 13.6. The first kappa shape index (κ1) is 30.6. The summed E-state index contributed by atoms with van der Waals surface area (Å²) in [5.41, 5.74) is 4.81. The molecule has 1 aliphatic carbocycles. The third-order valence-electron chi connectivity index (χ3n) is 8.02. The summed E-state index contributed by atoms with van der Waals surface area (Å²) < 4.78 is 0. The molecule has 4 N–H and O–H groups in total. The molecule has 1 saturated carbocycles. The van der Waals surface area contributed by atoms with Gasteiger partial charge in [0, 0.05) is 43.3 Å². The van der Waals surface area contributed by atoms with Crippen LogP contribution in [0.5, 0.6) is 0 Å². The standard InChI is InChI=1S/C34H39N5O5/c1-22-7-9-24(10-8-22)28(21-31(40)41)36-32(42)26-13-14-30(38-15-4-16-39(18-17-38)33(43)25-11-12-25)29(20-26)37-34(44)35-27-6-3-5-23(2)19-27/h3,5-10,13-14,19-20,25,28H,4,11-12,15-18,21H2,1-2H3,(H,36,42)(H,40,41)(H2,35,37,44). The van der Waals surface area contributed by atoms with Gasteiger partial charge < -0.3 is 30.9 Å². The fourth-order valence-electron chi connectivity index (χ4n) is 5.50. The third-order valence-corrected chi connectivity index (χ3v) is 8.02. The number of carboxylic acid groups (broad SMARTS) is 1. The van der Waals surface area contributed by atoms with Crippen LogP contribution in [0.25, 0.3) is 0 Å². The van der Waals surface area contributed by atoms with Gasteiger partial charge in [-0.2, -0.15) is 0 Å². The maximum absolute atomic E-state index is 13.5. The molecule has 4 amide bonds. The van der Waals surface area contributed by atoms with Gasteiger partial charge in [0.1, 0.15) is 0 Å². The van der Waals surface area contributed by atoms with E-state index in [9.17, 15) is 24.3 Å². The number of hydrogen-bond acceptors (Lipinski definition) is 5. The molecule has 1 atom stereocenters. The minimum absolute atomic E-state index is 0.159. The van der Waals surface area contributed by atoms with Crippen LogP contribution in [0, 0.1) is 19.8 Å². The van der Waals surface area contributed by atoms with Gasteiger partial charge in [0.25, 0.3) is 5.91 Å². The summed E-state index contributed by atoms with van der Waals surface area (Å²) in [5, 5.41) is 18.2. The number of rotatable bonds is 9. The van der Waals surface area contributed by atoms with Crippen molar-refractivity contribution in [2.75, 3.05) is 41.7 Å². The van der Waals surface area contributed by atoms with Gasteiger partial charge in [-0.3, -0.25) is 14.4 Å². The summed E-state index contributed by atoms with van der Waals surface area (Å²) in [7, 11) is 0. The molecular formula is C34H39N5O5. The Kier molecular flexibility index (Phi) is 9.47. The first-order valence-corrected chi connectivity index (χ1v) is 15.1. The molecule has 2 aliphatic rings. The van der Waals surface area contributed by atoms with Gasteiger partial charge in [0.15, 0.2) is 0 Å². The maximum Gasteiger partial charge on any atom is 0.323 e. The number of aryl methyl sites for hydroxylation is 2. The second-order valence-corrected chi connectivity index (χ2v) is 11.7. The van der Waals surface area contributed by atoms with Crippen molar-refractivity contribution in [3.05, 3.63) is 89.0 Å². The first-order valence-electron chi connectivity index (χ1n) is 15.1. The second-order valence-electron chi connectivity index (χ2n) is 11.7. The van der Waals surface area contributed by atoms with Crippen LogP contribution in [0.1, 0.15) is 58.8 Å². The lowest BCUT2D eigenvalue weighted by Crippen LogP contribution is -2.36. The smallest absolute Gasteiger partial charge is 0.323 e. The van der Waals surface area contributed by atoms with E-state index in [1.165, 1.54) is 0 Å². The number of anilines is 3. The molecule has 2 fully saturated rings. The predicted octanol–water partition coefficient (Wildman–Crippen LogP) is 5.34. The summed E-state index contributed by atoms with van der Waals surface area (Å²) in [6.07, 6.45) is 2.43. The zero-order valence-electron chi connectivity index (χ0n) is 25.1. The number of benzene rings is 3. The van der Waals surface area contributed by atoms with Crippen LogP contribution in [0.4, 0.5) is 21.9 Å². The van der Waals surface area contributed by atoms with Gasteiger partial charge in [-0.05, 0) is 74.6 Å². The van der Waals surface area contributed by atoms with Crippen molar-refractivity contribution >= 4 is 40.9 Å². The lowest BCUT2D eigenvalue weighted by Gasteiger charge is -2.27. The minimum atomic E-state index is -1.03. The van der Waals surface area contributed by atoms with E-state index in [-0.39, 0.29) is 23.8 Å². The zero-order chi connectivity index (χ0) is 31.2. The Labute approximate surface area is 257 Å². The summed E-state index contributed by atoms with van der Waals surface area (Å²) >= 11 is 0. The number of urea groups is 1. The van der Waals surface area contributed by atoms with E-state index in [1.54, 1.807) is 24.3 Å². The van der Waals surface area contributed by atoms with Crippen molar-refractivity contribution in [3.8, 4) is 0 Å². The number of nitrogens with zero attached hydrogens (tertiary/aromatic N) is 2. The molecule has 0 spiro atoms. The van der Waals surface area contributed by atoms with E-state index in [4.69, 9.17) is 0 Å². The van der Waals surface area contributed by atoms with Crippen LogP contribution in [-0.2, 0) is 9.59 Å². The maximum atomic E-state index is 13.5. The normalized spacial score (nSPS) is 15.6. The molecule has 230 valence electrons. The predicted molar refractivity (Wildman–Crippen MR) is 170 cm³/mol. The SMILES string of the molecule is Cc1ccc(C(CC(=O)O)NC(=O)c2ccc(N3CCCN(C(=O)C4CC4)CC3)c(NC(=O)Nc3cccc(C)c3)c2)cc1. The average molecular weight is 598 g/mol. The summed E-state index contributed by atoms with van der Waals surface area (Å²) in [5.74, 6) is -1.11. The van der Waals surface area contributed by atoms with Crippen molar-refractivity contribution in [1.29, 1.82) is 0 Å². The monoisotopic (exact) mass is 597 g/mol. The largest absolute Gasteiger partial charge is 0.481 e. The van der Waals surface area contributed by atoms with Crippen molar-refractivity contribution in [3.63, 3.8) is 0 Å². The van der Waals surface area contributed by atoms with Gasteiger partial charge in [-0.1, -0.05) is 42.0 Å². The zero-order valence-corrected chi connectivity index (χ0v) is 25.1. The van der Waals surface area contributed by atoms with Crippen LogP contribution in [0.15, 0.2) is 66.7 Å². The van der Waals surface area contributed by atoms with E-state index in [1.807, 2.05) is 61.2 Å². The van der Waals surface area contributed by atoms with Crippen molar-refractivity contribution in [2.24, 2.45) is 5.92 Å². The Hall–Kier alpha value is -4.86. The van der Waals surface area contributed by atoms with E-state index in [2.05, 4.69) is 20.9 Å². The van der Waals surface area contributed by atoms with Crippen LogP contribution < -0.4 is 20.9 Å². The van der Waals surface area contributed by atoms with Crippen molar-refractivity contribution < 1.29 is 24.3 Å². The van der Waals surface area contributed by atoms with Gasteiger partial charge in [0.05, 0.1) is 23.8 Å². The molecule has 0 bridgehead atoms. The molecule has 3 aromatic carbocycles. The highest BCUT2D eigenvalue weighted by molar-refractivity contribution is 6.04. The summed E-state index contributed by atoms with van der Waals surface area (Å²) in [6, 6.07) is 18.7. The van der Waals surface area contributed by atoms with Gasteiger partial charge in [-0.25, -0.2) is 4.79 Å². The molecule has 0 aromatic heterocycles. The van der Waals surface area contributed by atoms with Gasteiger partial charge >= 0.3 is 12.0 Å². The number of carboxylic acids is 1. The molecular weight excluding hydrogens is 558 g/mol. The molecule has 1 saturated heterocycles. The van der Waals surface area contributed by atoms with Crippen LogP contribution in [0.3, 0.4) is 0 Å². The van der Waals surface area contributed by atoms with E-state index in [0.29, 0.717) is 43.1 Å². The first-order chi connectivity index (χ1) is 21.2. The van der Waals surface area contributed by atoms with Crippen molar-refractivity contribution in [2.45, 2.75) is 45.6 Å². The molecule has 5 rings (SSSR count). The molecule has 1 unspecified atom stereocenters. The Morgan fingerprint density at radius 2 is 1.64 bits per heavy atom. The fraction of sp³-hybridized carbons (Fsp3) is 0.353. The topological polar surface area (TPSA) is 131 Å². The van der Waals surface area contributed by atoms with Crippen LogP contribution >= 0.6 is 0 Å². The number of carbonyl (C=O) groups excluding carboxylic acids is 3. The Bertz CT molecular complexity index is 1540. The molecule has 0 radical (unpaired) electrons. The van der Waals surface area contributed by atoms with Crippen LogP contribution in [0.2, 0.25) is 0 Å². The molecule has 44 heavy (non-hydrogen) atoms. The molecule has 10 heteroatoms. The molecule has 10 nitrogen and oxygen atoms in total. The summed E-state index contributed by atoms with van der Waals surface area (Å²) in [6.45, 7) is 6.42. The lowest BCUT2D eigenvalue weighted by molar-refractivity contribution is -0.137. The number of hydrogen-bond donors (Lipinski definition) is 4. The third kappa shape index (κ3) is 7.94. The molecule has 1 aliphatic heterocycles. The number of carbonyl (C=O) groups is 4.